The summed E-state index contributed by atoms with van der Waals surface area (Å²) in [6, 6.07) is 10.8. The zero-order valence-corrected chi connectivity index (χ0v) is 15.2. The number of pyridine rings is 1. The summed E-state index contributed by atoms with van der Waals surface area (Å²) in [5, 5.41) is 3.26. The van der Waals surface area contributed by atoms with E-state index in [2.05, 4.69) is 26.8 Å². The Morgan fingerprint density at radius 3 is 2.68 bits per heavy atom. The fourth-order valence-electron chi connectivity index (χ4n) is 2.96. The van der Waals surface area contributed by atoms with Gasteiger partial charge in [0.25, 0.3) is 0 Å². The molecule has 0 spiro atoms. The molecule has 1 unspecified atom stereocenters. The van der Waals surface area contributed by atoms with Crippen molar-refractivity contribution in [3.63, 3.8) is 0 Å². The summed E-state index contributed by atoms with van der Waals surface area (Å²) < 4.78 is 27.9. The van der Waals surface area contributed by atoms with Gasteiger partial charge in [-0.05, 0) is 49.3 Å². The molecule has 0 saturated carbocycles. The third-order valence-electron chi connectivity index (χ3n) is 4.43. The second-order valence-corrected chi connectivity index (χ2v) is 7.95. The Bertz CT molecular complexity index is 778. The molecule has 7 heteroatoms. The smallest absolute Gasteiger partial charge is 0.240 e. The van der Waals surface area contributed by atoms with Gasteiger partial charge in [-0.3, -0.25) is 4.98 Å². The number of nitrogens with zero attached hydrogens (tertiary/aromatic N) is 2. The van der Waals surface area contributed by atoms with Gasteiger partial charge in [-0.25, -0.2) is 13.1 Å². The molecular formula is C18H24N4O2S. The summed E-state index contributed by atoms with van der Waals surface area (Å²) in [6.45, 7) is 5.39. The molecule has 1 atom stereocenters. The fraction of sp³-hybridized carbons (Fsp3) is 0.389. The van der Waals surface area contributed by atoms with Crippen LogP contribution < -0.4 is 10.0 Å². The highest BCUT2D eigenvalue weighted by Crippen LogP contribution is 2.15. The van der Waals surface area contributed by atoms with Gasteiger partial charge in [0.05, 0.1) is 10.6 Å². The van der Waals surface area contributed by atoms with E-state index in [4.69, 9.17) is 0 Å². The molecule has 2 N–H and O–H groups in total. The molecule has 1 fully saturated rings. The largest absolute Gasteiger partial charge is 0.380 e. The van der Waals surface area contributed by atoms with Crippen LogP contribution >= 0.6 is 0 Å². The Labute approximate surface area is 149 Å². The number of anilines is 1. The minimum absolute atomic E-state index is 0.00289. The lowest BCUT2D eigenvalue weighted by Crippen LogP contribution is -2.37. The summed E-state index contributed by atoms with van der Waals surface area (Å²) in [4.78, 5) is 6.61. The van der Waals surface area contributed by atoms with Crippen molar-refractivity contribution in [3.05, 3.63) is 54.4 Å². The van der Waals surface area contributed by atoms with E-state index in [1.54, 1.807) is 24.5 Å². The van der Waals surface area contributed by atoms with Crippen molar-refractivity contribution in [1.82, 2.24) is 14.6 Å². The van der Waals surface area contributed by atoms with Crippen LogP contribution in [-0.2, 0) is 16.6 Å². The maximum Gasteiger partial charge on any atom is 0.240 e. The Balaban J connectivity index is 1.59. The molecule has 2 aromatic rings. The molecule has 0 bridgehead atoms. The van der Waals surface area contributed by atoms with E-state index < -0.39 is 10.0 Å². The van der Waals surface area contributed by atoms with Crippen LogP contribution in [0.15, 0.2) is 53.7 Å². The second kappa shape index (κ2) is 7.95. The molecule has 134 valence electrons. The van der Waals surface area contributed by atoms with Gasteiger partial charge in [0.1, 0.15) is 0 Å². The molecule has 1 saturated heterocycles. The predicted molar refractivity (Wildman–Crippen MR) is 98.8 cm³/mol. The molecule has 6 nitrogen and oxygen atoms in total. The lowest BCUT2D eigenvalue weighted by Gasteiger charge is -2.15. The van der Waals surface area contributed by atoms with E-state index in [1.807, 2.05) is 24.3 Å². The van der Waals surface area contributed by atoms with Crippen LogP contribution in [-0.4, -0.2) is 44.0 Å². The van der Waals surface area contributed by atoms with Crippen molar-refractivity contribution < 1.29 is 8.42 Å². The van der Waals surface area contributed by atoms with Crippen molar-refractivity contribution in [3.8, 4) is 0 Å². The zero-order chi connectivity index (χ0) is 17.7. The lowest BCUT2D eigenvalue weighted by molar-refractivity contribution is 0.351. The SMILES string of the molecule is CCN1CCC(NS(=O)(=O)c2ccc(CNc3cccnc3)cc2)C1. The van der Waals surface area contributed by atoms with Gasteiger partial charge in [0, 0.05) is 31.5 Å². The zero-order valence-electron chi connectivity index (χ0n) is 14.4. The number of sulfonamides is 1. The van der Waals surface area contributed by atoms with Crippen molar-refractivity contribution in [2.75, 3.05) is 25.0 Å². The third-order valence-corrected chi connectivity index (χ3v) is 5.97. The number of hydrogen-bond donors (Lipinski definition) is 2. The Kier molecular flexibility index (Phi) is 5.67. The first-order chi connectivity index (χ1) is 12.1. The van der Waals surface area contributed by atoms with Crippen molar-refractivity contribution in [1.29, 1.82) is 0 Å². The molecule has 0 radical (unpaired) electrons. The molecule has 2 heterocycles. The van der Waals surface area contributed by atoms with Crippen molar-refractivity contribution in [2.45, 2.75) is 30.8 Å². The Morgan fingerprint density at radius 2 is 2.04 bits per heavy atom. The summed E-state index contributed by atoms with van der Waals surface area (Å²) in [7, 11) is -3.47. The molecule has 25 heavy (non-hydrogen) atoms. The first-order valence-corrected chi connectivity index (χ1v) is 10.0. The lowest BCUT2D eigenvalue weighted by atomic mass is 10.2. The number of likely N-dealkylation sites (tertiary alicyclic amines) is 1. The maximum atomic E-state index is 12.5. The molecule has 1 aromatic heterocycles. The Morgan fingerprint density at radius 1 is 1.24 bits per heavy atom. The Hall–Kier alpha value is -1.96. The quantitative estimate of drug-likeness (QED) is 0.791. The standard InChI is InChI=1S/C18H24N4O2S/c1-2-22-11-9-17(14-22)21-25(23,24)18-7-5-15(6-8-18)12-20-16-4-3-10-19-13-16/h3-8,10,13,17,20-21H,2,9,11-12,14H2,1H3. The van der Waals surface area contributed by atoms with Gasteiger partial charge in [0.15, 0.2) is 0 Å². The molecule has 0 aliphatic carbocycles. The monoisotopic (exact) mass is 360 g/mol. The number of likely N-dealkylation sites (N-methyl/N-ethyl adjacent to an activating group) is 1. The molecule has 1 aromatic carbocycles. The minimum atomic E-state index is -3.47. The van der Waals surface area contributed by atoms with Crippen LogP contribution in [0.4, 0.5) is 5.69 Å². The van der Waals surface area contributed by atoms with Crippen LogP contribution in [0.3, 0.4) is 0 Å². The summed E-state index contributed by atoms with van der Waals surface area (Å²) in [5.74, 6) is 0. The van der Waals surface area contributed by atoms with Gasteiger partial charge < -0.3 is 10.2 Å². The highest BCUT2D eigenvalue weighted by molar-refractivity contribution is 7.89. The van der Waals surface area contributed by atoms with E-state index in [0.29, 0.717) is 11.4 Å². The van der Waals surface area contributed by atoms with E-state index in [-0.39, 0.29) is 6.04 Å². The first kappa shape index (κ1) is 17.8. The molecule has 1 aliphatic rings. The molecule has 0 amide bonds. The number of nitrogens with one attached hydrogen (secondary N) is 2. The van der Waals surface area contributed by atoms with Gasteiger partial charge in [-0.15, -0.1) is 0 Å². The predicted octanol–water partition coefficient (Wildman–Crippen LogP) is 2.07. The highest BCUT2D eigenvalue weighted by atomic mass is 32.2. The second-order valence-electron chi connectivity index (χ2n) is 6.24. The van der Waals surface area contributed by atoms with Gasteiger partial charge >= 0.3 is 0 Å². The molecule has 1 aliphatic heterocycles. The first-order valence-electron chi connectivity index (χ1n) is 8.54. The number of rotatable bonds is 7. The molecular weight excluding hydrogens is 336 g/mol. The van der Waals surface area contributed by atoms with Crippen molar-refractivity contribution in [2.24, 2.45) is 0 Å². The minimum Gasteiger partial charge on any atom is -0.380 e. The molecule has 3 rings (SSSR count). The van der Waals surface area contributed by atoms with E-state index in [0.717, 1.165) is 37.3 Å². The normalized spacial score (nSPS) is 18.4. The summed E-state index contributed by atoms with van der Waals surface area (Å²) in [6.07, 6.45) is 4.34. The average Bonchev–Trinajstić information content (AvgIpc) is 3.08. The third kappa shape index (κ3) is 4.78. The average molecular weight is 360 g/mol. The number of aromatic nitrogens is 1. The van der Waals surface area contributed by atoms with E-state index in [1.165, 1.54) is 0 Å². The van der Waals surface area contributed by atoms with Crippen LogP contribution in [0.1, 0.15) is 18.9 Å². The summed E-state index contributed by atoms with van der Waals surface area (Å²) >= 11 is 0. The number of benzene rings is 1. The van der Waals surface area contributed by atoms with Gasteiger partial charge in [-0.2, -0.15) is 0 Å². The van der Waals surface area contributed by atoms with E-state index >= 15 is 0 Å². The van der Waals surface area contributed by atoms with Gasteiger partial charge in [0.2, 0.25) is 10.0 Å². The fourth-order valence-corrected chi connectivity index (χ4v) is 4.22. The van der Waals surface area contributed by atoms with Crippen LogP contribution in [0.5, 0.6) is 0 Å². The summed E-state index contributed by atoms with van der Waals surface area (Å²) in [5.41, 5.74) is 1.95. The van der Waals surface area contributed by atoms with E-state index in [9.17, 15) is 8.42 Å². The topological polar surface area (TPSA) is 74.3 Å². The van der Waals surface area contributed by atoms with Crippen LogP contribution in [0.2, 0.25) is 0 Å². The van der Waals surface area contributed by atoms with Crippen LogP contribution in [0, 0.1) is 0 Å². The number of hydrogen-bond acceptors (Lipinski definition) is 5. The highest BCUT2D eigenvalue weighted by Gasteiger charge is 2.26. The van der Waals surface area contributed by atoms with Crippen LogP contribution in [0.25, 0.3) is 0 Å². The maximum absolute atomic E-state index is 12.5. The van der Waals surface area contributed by atoms with Gasteiger partial charge in [-0.1, -0.05) is 19.1 Å². The van der Waals surface area contributed by atoms with Crippen molar-refractivity contribution >= 4 is 15.7 Å².